The minimum atomic E-state index is -0.714. The van der Waals surface area contributed by atoms with Crippen molar-refractivity contribution in [3.63, 3.8) is 0 Å². The predicted octanol–water partition coefficient (Wildman–Crippen LogP) is 1.58. The molecular formula is C15H24N4O2S. The van der Waals surface area contributed by atoms with E-state index in [1.807, 2.05) is 5.38 Å². The molecule has 1 aliphatic carbocycles. The number of carbonyl (C=O) groups excluding carboxylic acids is 1. The van der Waals surface area contributed by atoms with Gasteiger partial charge in [-0.05, 0) is 12.8 Å². The minimum absolute atomic E-state index is 0.0838. The zero-order valence-electron chi connectivity index (χ0n) is 12.8. The lowest BCUT2D eigenvalue weighted by molar-refractivity contribution is -0.122. The lowest BCUT2D eigenvalue weighted by atomic mass is 9.82. The lowest BCUT2D eigenvalue weighted by Gasteiger charge is -2.31. The van der Waals surface area contributed by atoms with E-state index in [1.54, 1.807) is 0 Å². The van der Waals surface area contributed by atoms with Gasteiger partial charge in [-0.15, -0.1) is 11.3 Å². The van der Waals surface area contributed by atoms with E-state index >= 15 is 0 Å². The van der Waals surface area contributed by atoms with Gasteiger partial charge in [-0.1, -0.05) is 19.3 Å². The molecular weight excluding hydrogens is 300 g/mol. The molecule has 0 radical (unpaired) electrons. The molecule has 1 aromatic rings. The van der Waals surface area contributed by atoms with Crippen LogP contribution < -0.4 is 11.1 Å². The van der Waals surface area contributed by atoms with Crippen LogP contribution in [0.15, 0.2) is 5.38 Å². The molecule has 122 valence electrons. The molecule has 22 heavy (non-hydrogen) atoms. The van der Waals surface area contributed by atoms with E-state index in [-0.39, 0.29) is 5.91 Å². The summed E-state index contributed by atoms with van der Waals surface area (Å²) in [5, 5.41) is 5.58. The highest BCUT2D eigenvalue weighted by Crippen LogP contribution is 2.28. The van der Waals surface area contributed by atoms with Crippen molar-refractivity contribution in [1.82, 2.24) is 9.88 Å². The van der Waals surface area contributed by atoms with Crippen LogP contribution in [0, 0.1) is 0 Å². The first-order chi connectivity index (χ1) is 10.7. The molecule has 3 N–H and O–H groups in total. The number of amides is 1. The maximum atomic E-state index is 12.4. The van der Waals surface area contributed by atoms with Gasteiger partial charge in [0.2, 0.25) is 5.91 Å². The summed E-state index contributed by atoms with van der Waals surface area (Å²) in [6.07, 6.45) is 4.77. The summed E-state index contributed by atoms with van der Waals surface area (Å²) in [5.41, 5.74) is 6.53. The summed E-state index contributed by atoms with van der Waals surface area (Å²) in [5.74, 6) is -0.0838. The molecule has 1 aromatic heterocycles. The number of thiazole rings is 1. The van der Waals surface area contributed by atoms with Crippen LogP contribution in [0.1, 0.15) is 37.8 Å². The number of carbonyl (C=O) groups is 1. The summed E-state index contributed by atoms with van der Waals surface area (Å²) in [4.78, 5) is 19.2. The zero-order chi connectivity index (χ0) is 15.4. The smallest absolute Gasteiger partial charge is 0.246 e. The molecule has 3 rings (SSSR count). The average molecular weight is 324 g/mol. The fraction of sp³-hybridized carbons (Fsp3) is 0.733. The van der Waals surface area contributed by atoms with E-state index in [9.17, 15) is 4.79 Å². The van der Waals surface area contributed by atoms with Crippen molar-refractivity contribution in [2.45, 2.75) is 44.2 Å². The maximum Gasteiger partial charge on any atom is 0.246 e. The summed E-state index contributed by atoms with van der Waals surface area (Å²) >= 11 is 1.47. The quantitative estimate of drug-likeness (QED) is 0.879. The van der Waals surface area contributed by atoms with Gasteiger partial charge < -0.3 is 15.8 Å². The van der Waals surface area contributed by atoms with Crippen LogP contribution in [0.3, 0.4) is 0 Å². The van der Waals surface area contributed by atoms with Crippen molar-refractivity contribution in [3.8, 4) is 0 Å². The Bertz CT molecular complexity index is 507. The van der Waals surface area contributed by atoms with Gasteiger partial charge in [-0.25, -0.2) is 4.98 Å². The predicted molar refractivity (Wildman–Crippen MR) is 86.8 cm³/mol. The number of aromatic nitrogens is 1. The van der Waals surface area contributed by atoms with Gasteiger partial charge in [0.05, 0.1) is 24.4 Å². The van der Waals surface area contributed by atoms with Crippen LogP contribution in [0.4, 0.5) is 5.13 Å². The first-order valence-electron chi connectivity index (χ1n) is 8.01. The van der Waals surface area contributed by atoms with Crippen molar-refractivity contribution >= 4 is 22.4 Å². The minimum Gasteiger partial charge on any atom is -0.379 e. The van der Waals surface area contributed by atoms with Crippen LogP contribution in [0.25, 0.3) is 0 Å². The highest BCUT2D eigenvalue weighted by molar-refractivity contribution is 7.13. The molecule has 0 aromatic carbocycles. The third kappa shape index (κ3) is 3.84. The van der Waals surface area contributed by atoms with E-state index in [1.165, 1.54) is 17.8 Å². The molecule has 1 saturated heterocycles. The number of morpholine rings is 1. The van der Waals surface area contributed by atoms with Gasteiger partial charge in [0.25, 0.3) is 0 Å². The summed E-state index contributed by atoms with van der Waals surface area (Å²) < 4.78 is 5.34. The second kappa shape index (κ2) is 7.04. The Morgan fingerprint density at radius 2 is 2.09 bits per heavy atom. The Balaban J connectivity index is 1.55. The molecule has 2 aliphatic rings. The van der Waals surface area contributed by atoms with Crippen LogP contribution in [-0.2, 0) is 16.1 Å². The highest BCUT2D eigenvalue weighted by atomic mass is 32.1. The number of hydrogen-bond acceptors (Lipinski definition) is 6. The number of nitrogens with two attached hydrogens (primary N) is 1. The standard InChI is InChI=1S/C15H24N4O2S/c16-15(4-2-1-3-5-15)13(20)18-14-17-12(11-22-14)10-19-6-8-21-9-7-19/h11H,1-10,16H2,(H,17,18,20). The van der Waals surface area contributed by atoms with Gasteiger partial charge in [-0.3, -0.25) is 9.69 Å². The molecule has 0 spiro atoms. The summed E-state index contributed by atoms with van der Waals surface area (Å²) in [6.45, 7) is 4.24. The Morgan fingerprint density at radius 3 is 2.82 bits per heavy atom. The van der Waals surface area contributed by atoms with E-state index in [2.05, 4.69) is 15.2 Å². The van der Waals surface area contributed by atoms with Gasteiger partial charge in [0.1, 0.15) is 0 Å². The number of ether oxygens (including phenoxy) is 1. The molecule has 1 saturated carbocycles. The molecule has 2 fully saturated rings. The fourth-order valence-corrected chi connectivity index (χ4v) is 3.75. The number of anilines is 1. The molecule has 7 heteroatoms. The largest absolute Gasteiger partial charge is 0.379 e. The fourth-order valence-electron chi connectivity index (χ4n) is 3.06. The Kier molecular flexibility index (Phi) is 5.07. The zero-order valence-corrected chi connectivity index (χ0v) is 13.7. The topological polar surface area (TPSA) is 80.5 Å². The number of rotatable bonds is 4. The van der Waals surface area contributed by atoms with Crippen LogP contribution in [0.2, 0.25) is 0 Å². The number of nitrogens with one attached hydrogen (secondary N) is 1. The van der Waals surface area contributed by atoms with Gasteiger partial charge in [-0.2, -0.15) is 0 Å². The van der Waals surface area contributed by atoms with E-state index < -0.39 is 5.54 Å². The summed E-state index contributed by atoms with van der Waals surface area (Å²) in [6, 6.07) is 0. The molecule has 0 bridgehead atoms. The van der Waals surface area contributed by atoms with Crippen LogP contribution in [0.5, 0.6) is 0 Å². The monoisotopic (exact) mass is 324 g/mol. The first kappa shape index (κ1) is 15.9. The van der Waals surface area contributed by atoms with Gasteiger partial charge in [0, 0.05) is 25.0 Å². The maximum absolute atomic E-state index is 12.4. The van der Waals surface area contributed by atoms with E-state index in [0.29, 0.717) is 5.13 Å². The Morgan fingerprint density at radius 1 is 1.36 bits per heavy atom. The van der Waals surface area contributed by atoms with Crippen molar-refractivity contribution in [1.29, 1.82) is 0 Å². The lowest BCUT2D eigenvalue weighted by Crippen LogP contribution is -2.52. The molecule has 2 heterocycles. The SMILES string of the molecule is NC1(C(=O)Nc2nc(CN3CCOCC3)cs2)CCCCC1. The van der Waals surface area contributed by atoms with E-state index in [0.717, 1.165) is 64.2 Å². The summed E-state index contributed by atoms with van der Waals surface area (Å²) in [7, 11) is 0. The second-order valence-electron chi connectivity index (χ2n) is 6.20. The average Bonchev–Trinajstić information content (AvgIpc) is 2.96. The molecule has 1 aliphatic heterocycles. The molecule has 1 amide bonds. The number of nitrogens with zero attached hydrogens (tertiary/aromatic N) is 2. The Labute approximate surface area is 135 Å². The van der Waals surface area contributed by atoms with E-state index in [4.69, 9.17) is 10.5 Å². The molecule has 0 atom stereocenters. The first-order valence-corrected chi connectivity index (χ1v) is 8.88. The normalized spacial score (nSPS) is 22.4. The third-order valence-electron chi connectivity index (χ3n) is 4.46. The Hall–Kier alpha value is -1.02. The van der Waals surface area contributed by atoms with Crippen molar-refractivity contribution in [2.24, 2.45) is 5.73 Å². The second-order valence-corrected chi connectivity index (χ2v) is 7.06. The number of hydrogen-bond donors (Lipinski definition) is 2. The highest BCUT2D eigenvalue weighted by Gasteiger charge is 2.35. The van der Waals surface area contributed by atoms with Crippen LogP contribution in [-0.4, -0.2) is 47.6 Å². The molecule has 0 unspecified atom stereocenters. The van der Waals surface area contributed by atoms with Crippen molar-refractivity contribution in [2.75, 3.05) is 31.6 Å². The van der Waals surface area contributed by atoms with Gasteiger partial charge >= 0.3 is 0 Å². The van der Waals surface area contributed by atoms with Crippen molar-refractivity contribution < 1.29 is 9.53 Å². The van der Waals surface area contributed by atoms with Crippen LogP contribution >= 0.6 is 11.3 Å². The van der Waals surface area contributed by atoms with Crippen molar-refractivity contribution in [3.05, 3.63) is 11.1 Å². The molecule has 6 nitrogen and oxygen atoms in total. The van der Waals surface area contributed by atoms with Gasteiger partial charge in [0.15, 0.2) is 5.13 Å². The third-order valence-corrected chi connectivity index (χ3v) is 5.27.